The molecule has 0 amide bonds. The molecule has 0 fully saturated rings. The van der Waals surface area contributed by atoms with E-state index in [1.54, 1.807) is 30.7 Å². The van der Waals surface area contributed by atoms with Crippen molar-refractivity contribution < 1.29 is 10.2 Å². The Hall–Kier alpha value is -3.47. The molecule has 0 saturated carbocycles. The SMILES string of the molecule is C/C(=C\N=CC(C)C)C(O)(c1ccc(C)c(CCl)c1)c1ccc2cncc(-c3cccc(O)c3)c2c1. The number of halogens is 1. The number of aromatic nitrogens is 1. The molecule has 0 saturated heterocycles. The summed E-state index contributed by atoms with van der Waals surface area (Å²) in [6, 6.07) is 18.9. The number of phenolic OH excluding ortho intramolecular Hbond substituents is 1. The van der Waals surface area contributed by atoms with Gasteiger partial charge in [-0.05, 0) is 76.7 Å². The van der Waals surface area contributed by atoms with Gasteiger partial charge in [0.25, 0.3) is 0 Å². The molecule has 2 N–H and O–H groups in total. The Bertz CT molecular complexity index is 1460. The summed E-state index contributed by atoms with van der Waals surface area (Å²) in [5.41, 5.74) is 4.46. The molecule has 0 spiro atoms. The zero-order valence-electron chi connectivity index (χ0n) is 21.0. The Labute approximate surface area is 217 Å². The number of phenols is 1. The number of fused-ring (bicyclic) bond motifs is 1. The van der Waals surface area contributed by atoms with Gasteiger partial charge in [0.15, 0.2) is 0 Å². The molecule has 0 aliphatic carbocycles. The minimum absolute atomic E-state index is 0.187. The predicted molar refractivity (Wildman–Crippen MR) is 150 cm³/mol. The molecule has 1 heterocycles. The van der Waals surface area contributed by atoms with Crippen molar-refractivity contribution in [2.45, 2.75) is 39.2 Å². The summed E-state index contributed by atoms with van der Waals surface area (Å²) < 4.78 is 0. The number of hydrogen-bond donors (Lipinski definition) is 2. The Morgan fingerprint density at radius 3 is 2.53 bits per heavy atom. The van der Waals surface area contributed by atoms with Gasteiger partial charge in [-0.2, -0.15) is 0 Å². The number of rotatable bonds is 7. The summed E-state index contributed by atoms with van der Waals surface area (Å²) in [6.45, 7) is 8.03. The Kier molecular flexibility index (Phi) is 7.58. The van der Waals surface area contributed by atoms with E-state index in [1.807, 2.05) is 68.6 Å². The van der Waals surface area contributed by atoms with Gasteiger partial charge in [0.1, 0.15) is 11.4 Å². The summed E-state index contributed by atoms with van der Waals surface area (Å²) in [5, 5.41) is 24.3. The molecule has 184 valence electrons. The molecular formula is C31H31ClN2O2. The van der Waals surface area contributed by atoms with Crippen LogP contribution in [0.15, 0.2) is 89.8 Å². The maximum atomic E-state index is 12.4. The van der Waals surface area contributed by atoms with E-state index in [1.165, 1.54) is 0 Å². The first-order chi connectivity index (χ1) is 17.2. The van der Waals surface area contributed by atoms with Crippen molar-refractivity contribution in [1.29, 1.82) is 0 Å². The molecule has 1 aromatic heterocycles. The molecule has 3 aromatic carbocycles. The summed E-state index contributed by atoms with van der Waals surface area (Å²) in [7, 11) is 0. The summed E-state index contributed by atoms with van der Waals surface area (Å²) in [5.74, 6) is 0.837. The van der Waals surface area contributed by atoms with Gasteiger partial charge in [-0.15, -0.1) is 11.6 Å². The van der Waals surface area contributed by atoms with Crippen LogP contribution in [0, 0.1) is 12.8 Å². The number of aromatic hydroxyl groups is 1. The van der Waals surface area contributed by atoms with Crippen molar-refractivity contribution in [2.75, 3.05) is 0 Å². The van der Waals surface area contributed by atoms with E-state index >= 15 is 0 Å². The van der Waals surface area contributed by atoms with Crippen LogP contribution >= 0.6 is 11.6 Å². The fraction of sp³-hybridized carbons (Fsp3) is 0.226. The van der Waals surface area contributed by atoms with Gasteiger partial charge in [-0.25, -0.2) is 0 Å². The smallest absolute Gasteiger partial charge is 0.138 e. The maximum absolute atomic E-state index is 12.4. The lowest BCUT2D eigenvalue weighted by atomic mass is 9.79. The third kappa shape index (κ3) is 5.06. The highest BCUT2D eigenvalue weighted by Gasteiger charge is 2.34. The minimum atomic E-state index is -1.43. The van der Waals surface area contributed by atoms with Crippen LogP contribution in [0.2, 0.25) is 0 Å². The molecule has 36 heavy (non-hydrogen) atoms. The second-order valence-electron chi connectivity index (χ2n) is 9.51. The van der Waals surface area contributed by atoms with E-state index in [4.69, 9.17) is 11.6 Å². The standard InChI is InChI=1S/C31H31ClN2O2/c1-20(2)16-33-17-22(4)31(36,26-10-8-21(3)25(12-26)15-32)27-11-9-24-18-34-19-30(29(24)14-27)23-6-5-7-28(35)13-23/h5-14,16-20,35-36H,15H2,1-4H3/b22-17+,33-16?. The second kappa shape index (κ2) is 10.7. The lowest BCUT2D eigenvalue weighted by Crippen LogP contribution is -2.29. The van der Waals surface area contributed by atoms with Crippen LogP contribution in [0.25, 0.3) is 21.9 Å². The Morgan fingerprint density at radius 1 is 1.06 bits per heavy atom. The molecule has 0 radical (unpaired) electrons. The molecular weight excluding hydrogens is 468 g/mol. The van der Waals surface area contributed by atoms with Gasteiger partial charge in [0, 0.05) is 41.6 Å². The van der Waals surface area contributed by atoms with Crippen LogP contribution in [-0.4, -0.2) is 21.4 Å². The molecule has 1 atom stereocenters. The number of alkyl halides is 1. The van der Waals surface area contributed by atoms with Crippen LogP contribution in [0.5, 0.6) is 5.75 Å². The van der Waals surface area contributed by atoms with Crippen LogP contribution in [0.4, 0.5) is 0 Å². The van der Waals surface area contributed by atoms with Gasteiger partial charge in [-0.3, -0.25) is 9.98 Å². The largest absolute Gasteiger partial charge is 0.508 e. The van der Waals surface area contributed by atoms with E-state index in [-0.39, 0.29) is 5.75 Å². The van der Waals surface area contributed by atoms with Gasteiger partial charge in [-0.1, -0.05) is 56.3 Å². The van der Waals surface area contributed by atoms with Crippen molar-refractivity contribution >= 4 is 28.6 Å². The van der Waals surface area contributed by atoms with Crippen LogP contribution in [-0.2, 0) is 11.5 Å². The van der Waals surface area contributed by atoms with E-state index in [2.05, 4.69) is 23.8 Å². The molecule has 0 aliphatic heterocycles. The monoisotopic (exact) mass is 498 g/mol. The average Bonchev–Trinajstić information content (AvgIpc) is 2.87. The van der Waals surface area contributed by atoms with Gasteiger partial charge < -0.3 is 10.2 Å². The van der Waals surface area contributed by atoms with Crippen LogP contribution in [0.3, 0.4) is 0 Å². The summed E-state index contributed by atoms with van der Waals surface area (Å²) >= 11 is 6.23. The van der Waals surface area contributed by atoms with Crippen LogP contribution in [0.1, 0.15) is 43.0 Å². The fourth-order valence-corrected chi connectivity index (χ4v) is 4.66. The number of aliphatic hydroxyl groups is 1. The van der Waals surface area contributed by atoms with Crippen molar-refractivity contribution in [3.8, 4) is 16.9 Å². The molecule has 4 nitrogen and oxygen atoms in total. The number of pyridine rings is 1. The highest BCUT2D eigenvalue weighted by atomic mass is 35.5. The van der Waals surface area contributed by atoms with Gasteiger partial charge in [0.2, 0.25) is 0 Å². The molecule has 1 unspecified atom stereocenters. The molecule has 0 aliphatic rings. The number of nitrogens with zero attached hydrogens (tertiary/aromatic N) is 2. The van der Waals surface area contributed by atoms with E-state index in [0.29, 0.717) is 22.9 Å². The third-order valence-corrected chi connectivity index (χ3v) is 6.76. The zero-order valence-corrected chi connectivity index (χ0v) is 21.8. The second-order valence-corrected chi connectivity index (χ2v) is 9.78. The summed E-state index contributed by atoms with van der Waals surface area (Å²) in [6.07, 6.45) is 7.17. The topological polar surface area (TPSA) is 65.7 Å². The average molecular weight is 499 g/mol. The summed E-state index contributed by atoms with van der Waals surface area (Å²) in [4.78, 5) is 8.88. The lowest BCUT2D eigenvalue weighted by Gasteiger charge is -2.31. The van der Waals surface area contributed by atoms with Crippen molar-refractivity contribution in [2.24, 2.45) is 10.9 Å². The number of benzene rings is 3. The van der Waals surface area contributed by atoms with Gasteiger partial charge >= 0.3 is 0 Å². The molecule has 4 rings (SSSR count). The Morgan fingerprint density at radius 2 is 1.81 bits per heavy atom. The Balaban J connectivity index is 1.97. The first-order valence-electron chi connectivity index (χ1n) is 12.0. The van der Waals surface area contributed by atoms with Crippen molar-refractivity contribution in [3.63, 3.8) is 0 Å². The number of aryl methyl sites for hydroxylation is 1. The minimum Gasteiger partial charge on any atom is -0.508 e. The zero-order chi connectivity index (χ0) is 25.9. The van der Waals surface area contributed by atoms with Crippen molar-refractivity contribution in [3.05, 3.63) is 107 Å². The first kappa shape index (κ1) is 25.6. The van der Waals surface area contributed by atoms with E-state index < -0.39 is 5.60 Å². The molecule has 0 bridgehead atoms. The predicted octanol–water partition coefficient (Wildman–Crippen LogP) is 7.52. The lowest BCUT2D eigenvalue weighted by molar-refractivity contribution is 0.121. The van der Waals surface area contributed by atoms with E-state index in [9.17, 15) is 10.2 Å². The normalized spacial score (nSPS) is 14.0. The highest BCUT2D eigenvalue weighted by Crippen LogP contribution is 2.40. The number of hydrogen-bond acceptors (Lipinski definition) is 4. The highest BCUT2D eigenvalue weighted by molar-refractivity contribution is 6.17. The third-order valence-electron chi connectivity index (χ3n) is 6.47. The van der Waals surface area contributed by atoms with E-state index in [0.717, 1.165) is 38.6 Å². The maximum Gasteiger partial charge on any atom is 0.138 e. The van der Waals surface area contributed by atoms with Crippen LogP contribution < -0.4 is 0 Å². The molecule has 5 heteroatoms. The number of aliphatic imine (C=N–C) groups is 1. The fourth-order valence-electron chi connectivity index (χ4n) is 4.38. The van der Waals surface area contributed by atoms with Crippen molar-refractivity contribution in [1.82, 2.24) is 4.98 Å². The first-order valence-corrected chi connectivity index (χ1v) is 12.5. The van der Waals surface area contributed by atoms with Gasteiger partial charge in [0.05, 0.1) is 0 Å². The quantitative estimate of drug-likeness (QED) is 0.204. The molecule has 4 aromatic rings.